The van der Waals surface area contributed by atoms with Crippen molar-refractivity contribution < 1.29 is 4.74 Å². The van der Waals surface area contributed by atoms with Crippen molar-refractivity contribution in [2.45, 2.75) is 45.3 Å². The van der Waals surface area contributed by atoms with Crippen LogP contribution in [0.15, 0.2) is 18.3 Å². The lowest BCUT2D eigenvalue weighted by Gasteiger charge is -2.28. The fourth-order valence-electron chi connectivity index (χ4n) is 2.37. The zero-order valence-corrected chi connectivity index (χ0v) is 12.2. The van der Waals surface area contributed by atoms with Crippen LogP contribution in [-0.2, 0) is 4.74 Å². The quantitative estimate of drug-likeness (QED) is 0.886. The van der Waals surface area contributed by atoms with E-state index < -0.39 is 0 Å². The molecule has 0 aromatic carbocycles. The van der Waals surface area contributed by atoms with E-state index in [1.54, 1.807) is 7.11 Å². The van der Waals surface area contributed by atoms with Crippen LogP contribution < -0.4 is 10.2 Å². The number of piperidine rings is 1. The zero-order valence-electron chi connectivity index (χ0n) is 12.2. The molecule has 4 heteroatoms. The third-order valence-corrected chi connectivity index (χ3v) is 3.90. The van der Waals surface area contributed by atoms with E-state index in [9.17, 15) is 0 Å². The van der Waals surface area contributed by atoms with Crippen molar-refractivity contribution in [1.29, 1.82) is 0 Å². The summed E-state index contributed by atoms with van der Waals surface area (Å²) in [6.45, 7) is 6.45. The minimum atomic E-state index is 0.182. The minimum absolute atomic E-state index is 0.182. The van der Waals surface area contributed by atoms with E-state index in [4.69, 9.17) is 4.74 Å². The van der Waals surface area contributed by atoms with Gasteiger partial charge in [0.1, 0.15) is 5.82 Å². The monoisotopic (exact) mass is 263 g/mol. The van der Waals surface area contributed by atoms with E-state index in [2.05, 4.69) is 41.2 Å². The average molecular weight is 263 g/mol. The molecule has 2 rings (SSSR count). The molecular formula is C15H25N3O. The lowest BCUT2D eigenvalue weighted by molar-refractivity contribution is 0.106. The van der Waals surface area contributed by atoms with Gasteiger partial charge in [0.2, 0.25) is 0 Å². The highest BCUT2D eigenvalue weighted by Crippen LogP contribution is 2.19. The van der Waals surface area contributed by atoms with Crippen LogP contribution in [0.3, 0.4) is 0 Å². The van der Waals surface area contributed by atoms with Gasteiger partial charge in [0, 0.05) is 26.2 Å². The molecule has 1 saturated heterocycles. The minimum Gasteiger partial charge on any atom is -0.380 e. The van der Waals surface area contributed by atoms with E-state index in [1.165, 1.54) is 19.3 Å². The highest BCUT2D eigenvalue weighted by atomic mass is 16.5. The van der Waals surface area contributed by atoms with E-state index in [0.29, 0.717) is 0 Å². The second kappa shape index (κ2) is 6.75. The van der Waals surface area contributed by atoms with Crippen molar-refractivity contribution in [3.8, 4) is 0 Å². The molecule has 19 heavy (non-hydrogen) atoms. The fraction of sp³-hybridized carbons (Fsp3) is 0.667. The smallest absolute Gasteiger partial charge is 0.128 e. The van der Waals surface area contributed by atoms with Gasteiger partial charge >= 0.3 is 0 Å². The summed E-state index contributed by atoms with van der Waals surface area (Å²) in [6, 6.07) is 4.49. The number of nitrogens with zero attached hydrogens (tertiary/aromatic N) is 2. The normalized spacial score (nSPS) is 19.0. The summed E-state index contributed by atoms with van der Waals surface area (Å²) in [5, 5.41) is 3.42. The van der Waals surface area contributed by atoms with Gasteiger partial charge in [0.15, 0.2) is 0 Å². The number of aromatic nitrogens is 1. The molecule has 1 N–H and O–H groups in total. The summed E-state index contributed by atoms with van der Waals surface area (Å²) in [5.41, 5.74) is 1.05. The summed E-state index contributed by atoms with van der Waals surface area (Å²) < 4.78 is 5.31. The van der Waals surface area contributed by atoms with Gasteiger partial charge in [-0.1, -0.05) is 0 Å². The van der Waals surface area contributed by atoms with Gasteiger partial charge in [-0.15, -0.1) is 0 Å². The standard InChI is InChI=1S/C15H25N3O/c1-12(13(2)19-3)17-14-7-8-15(16-11-14)18-9-5-4-6-10-18/h7-8,11-13,17H,4-6,9-10H2,1-3H3. The molecule has 1 aromatic heterocycles. The molecule has 0 saturated carbocycles. The van der Waals surface area contributed by atoms with Gasteiger partial charge < -0.3 is 15.0 Å². The van der Waals surface area contributed by atoms with E-state index in [1.807, 2.05) is 6.20 Å². The third-order valence-electron chi connectivity index (χ3n) is 3.90. The number of ether oxygens (including phenoxy) is 1. The Labute approximate surface area is 116 Å². The molecule has 0 spiro atoms. The Hall–Kier alpha value is -1.29. The van der Waals surface area contributed by atoms with Crippen molar-refractivity contribution in [2.75, 3.05) is 30.4 Å². The first-order valence-corrected chi connectivity index (χ1v) is 7.21. The second-order valence-electron chi connectivity index (χ2n) is 5.33. The molecule has 1 fully saturated rings. The summed E-state index contributed by atoms with van der Waals surface area (Å²) in [4.78, 5) is 6.93. The maximum absolute atomic E-state index is 5.31. The van der Waals surface area contributed by atoms with Crippen molar-refractivity contribution in [3.05, 3.63) is 18.3 Å². The number of methoxy groups -OCH3 is 1. The first-order valence-electron chi connectivity index (χ1n) is 7.21. The predicted octanol–water partition coefficient (Wildman–Crippen LogP) is 2.91. The van der Waals surface area contributed by atoms with Gasteiger partial charge in [-0.2, -0.15) is 0 Å². The molecule has 0 amide bonds. The van der Waals surface area contributed by atoms with Crippen molar-refractivity contribution >= 4 is 11.5 Å². The predicted molar refractivity (Wildman–Crippen MR) is 79.9 cm³/mol. The Morgan fingerprint density at radius 3 is 2.53 bits per heavy atom. The third kappa shape index (κ3) is 3.83. The topological polar surface area (TPSA) is 37.4 Å². The first kappa shape index (κ1) is 14.1. The number of rotatable bonds is 5. The molecule has 2 heterocycles. The molecule has 1 aliphatic heterocycles. The van der Waals surface area contributed by atoms with Crippen LogP contribution in [-0.4, -0.2) is 37.3 Å². The summed E-state index contributed by atoms with van der Waals surface area (Å²) in [7, 11) is 1.74. The Balaban J connectivity index is 1.94. The van der Waals surface area contributed by atoms with Crippen molar-refractivity contribution in [1.82, 2.24) is 4.98 Å². The summed E-state index contributed by atoms with van der Waals surface area (Å²) >= 11 is 0. The highest BCUT2D eigenvalue weighted by molar-refractivity contribution is 5.49. The van der Waals surface area contributed by atoms with E-state index >= 15 is 0 Å². The molecule has 0 aliphatic carbocycles. The van der Waals surface area contributed by atoms with Crippen LogP contribution >= 0.6 is 0 Å². The molecule has 0 bridgehead atoms. The Morgan fingerprint density at radius 1 is 1.21 bits per heavy atom. The van der Waals surface area contributed by atoms with Crippen LogP contribution in [0.1, 0.15) is 33.1 Å². The van der Waals surface area contributed by atoms with Crippen LogP contribution in [0, 0.1) is 0 Å². The Bertz CT molecular complexity index is 373. The Morgan fingerprint density at radius 2 is 1.95 bits per heavy atom. The fourth-order valence-corrected chi connectivity index (χ4v) is 2.37. The number of hydrogen-bond acceptors (Lipinski definition) is 4. The summed E-state index contributed by atoms with van der Waals surface area (Å²) in [5.74, 6) is 1.10. The van der Waals surface area contributed by atoms with Crippen molar-refractivity contribution in [2.24, 2.45) is 0 Å². The molecule has 106 valence electrons. The van der Waals surface area contributed by atoms with Gasteiger partial charge in [-0.3, -0.25) is 0 Å². The second-order valence-corrected chi connectivity index (χ2v) is 5.33. The van der Waals surface area contributed by atoms with E-state index in [0.717, 1.165) is 24.6 Å². The van der Waals surface area contributed by atoms with Crippen LogP contribution in [0.5, 0.6) is 0 Å². The lowest BCUT2D eigenvalue weighted by Crippen LogP contribution is -2.31. The molecule has 4 nitrogen and oxygen atoms in total. The van der Waals surface area contributed by atoms with Crippen LogP contribution in [0.25, 0.3) is 0 Å². The average Bonchev–Trinajstić information content (AvgIpc) is 2.48. The molecular weight excluding hydrogens is 238 g/mol. The highest BCUT2D eigenvalue weighted by Gasteiger charge is 2.13. The Kier molecular flexibility index (Phi) is 5.02. The molecule has 1 aliphatic rings. The number of pyridine rings is 1. The maximum Gasteiger partial charge on any atom is 0.128 e. The molecule has 2 atom stereocenters. The molecule has 1 aromatic rings. The molecule has 0 radical (unpaired) electrons. The van der Waals surface area contributed by atoms with Crippen molar-refractivity contribution in [3.63, 3.8) is 0 Å². The van der Waals surface area contributed by atoms with E-state index in [-0.39, 0.29) is 12.1 Å². The van der Waals surface area contributed by atoms with Crippen LogP contribution in [0.4, 0.5) is 11.5 Å². The van der Waals surface area contributed by atoms with Gasteiger partial charge in [-0.05, 0) is 45.2 Å². The molecule has 2 unspecified atom stereocenters. The summed E-state index contributed by atoms with van der Waals surface area (Å²) in [6.07, 6.45) is 6.02. The number of hydrogen-bond donors (Lipinski definition) is 1. The maximum atomic E-state index is 5.31. The number of anilines is 2. The lowest BCUT2D eigenvalue weighted by atomic mass is 10.1. The van der Waals surface area contributed by atoms with Gasteiger partial charge in [0.25, 0.3) is 0 Å². The SMILES string of the molecule is COC(C)C(C)Nc1ccc(N2CCCCC2)nc1. The first-order chi connectivity index (χ1) is 9.20. The van der Waals surface area contributed by atoms with Crippen LogP contribution in [0.2, 0.25) is 0 Å². The number of nitrogens with one attached hydrogen (secondary N) is 1. The largest absolute Gasteiger partial charge is 0.380 e. The van der Waals surface area contributed by atoms with Gasteiger partial charge in [0.05, 0.1) is 18.0 Å². The van der Waals surface area contributed by atoms with Gasteiger partial charge in [-0.25, -0.2) is 4.98 Å². The zero-order chi connectivity index (χ0) is 13.7.